The Balaban J connectivity index is 2.99. The fourth-order valence-corrected chi connectivity index (χ4v) is 2.14. The van der Waals surface area contributed by atoms with Gasteiger partial charge in [0.25, 0.3) is 5.56 Å². The molecule has 0 spiro atoms. The molecule has 0 amide bonds. The number of hydrogen-bond donors (Lipinski definition) is 4. The second-order valence-corrected chi connectivity index (χ2v) is 4.47. The minimum absolute atomic E-state index is 0.194. The number of carboxylic acid groups (broad SMARTS) is 2. The van der Waals surface area contributed by atoms with Crippen LogP contribution in [0, 0.1) is 6.92 Å². The Bertz CT molecular complexity index is 807. The van der Waals surface area contributed by atoms with Crippen LogP contribution >= 0.6 is 0 Å². The van der Waals surface area contributed by atoms with Crippen molar-refractivity contribution in [2.75, 3.05) is 5.73 Å². The van der Waals surface area contributed by atoms with Crippen LogP contribution in [0.15, 0.2) is 29.1 Å². The van der Waals surface area contributed by atoms with Crippen molar-refractivity contribution in [3.63, 3.8) is 0 Å². The number of nitrogen functional groups attached to an aromatic ring is 1. The van der Waals surface area contributed by atoms with E-state index in [-0.39, 0.29) is 11.4 Å². The Morgan fingerprint density at radius 2 is 1.76 bits per heavy atom. The van der Waals surface area contributed by atoms with Gasteiger partial charge in [0, 0.05) is 5.56 Å². The zero-order valence-corrected chi connectivity index (χ0v) is 11.0. The molecule has 0 saturated heterocycles. The third kappa shape index (κ3) is 2.48. The lowest BCUT2D eigenvalue weighted by Crippen LogP contribution is -2.24. The van der Waals surface area contributed by atoms with Crippen LogP contribution in [0.5, 0.6) is 0 Å². The highest BCUT2D eigenvalue weighted by Gasteiger charge is 2.26. The number of rotatable bonds is 3. The smallest absolute Gasteiger partial charge is 0.342 e. The number of anilines is 1. The lowest BCUT2D eigenvalue weighted by molar-refractivity contribution is 0.0695. The molecule has 0 aliphatic rings. The summed E-state index contributed by atoms with van der Waals surface area (Å²) < 4.78 is 0. The fourth-order valence-electron chi connectivity index (χ4n) is 2.14. The predicted octanol–water partition coefficient (Wildman–Crippen LogP) is 1.33. The molecule has 0 atom stereocenters. The first-order valence-corrected chi connectivity index (χ1v) is 5.92. The molecule has 0 fully saturated rings. The van der Waals surface area contributed by atoms with E-state index >= 15 is 0 Å². The van der Waals surface area contributed by atoms with Gasteiger partial charge in [0.05, 0.1) is 0 Å². The van der Waals surface area contributed by atoms with Crippen LogP contribution in [0.1, 0.15) is 26.3 Å². The van der Waals surface area contributed by atoms with Crippen molar-refractivity contribution in [2.24, 2.45) is 0 Å². The molecule has 0 aliphatic heterocycles. The average molecular weight is 288 g/mol. The highest BCUT2D eigenvalue weighted by molar-refractivity contribution is 6.07. The molecule has 0 saturated carbocycles. The molecule has 1 aromatic heterocycles. The number of nitrogens with two attached hydrogens (primary N) is 1. The van der Waals surface area contributed by atoms with Gasteiger partial charge in [-0.2, -0.15) is 0 Å². The van der Waals surface area contributed by atoms with Gasteiger partial charge < -0.3 is 20.9 Å². The molecule has 5 N–H and O–H groups in total. The molecule has 0 radical (unpaired) electrons. The van der Waals surface area contributed by atoms with Crippen molar-refractivity contribution in [3.05, 3.63) is 51.3 Å². The van der Waals surface area contributed by atoms with Crippen LogP contribution < -0.4 is 11.3 Å². The second kappa shape index (κ2) is 5.12. The first-order chi connectivity index (χ1) is 9.82. The number of aromatic nitrogens is 1. The summed E-state index contributed by atoms with van der Waals surface area (Å²) in [4.78, 5) is 36.6. The summed E-state index contributed by atoms with van der Waals surface area (Å²) in [5.41, 5.74) is 4.42. The van der Waals surface area contributed by atoms with Gasteiger partial charge in [0.1, 0.15) is 16.9 Å². The molecule has 7 heteroatoms. The molecule has 0 unspecified atom stereocenters. The third-order valence-electron chi connectivity index (χ3n) is 2.98. The van der Waals surface area contributed by atoms with E-state index < -0.39 is 28.6 Å². The van der Waals surface area contributed by atoms with Crippen LogP contribution in [-0.2, 0) is 0 Å². The van der Waals surface area contributed by atoms with E-state index in [1.165, 1.54) is 6.07 Å². The summed E-state index contributed by atoms with van der Waals surface area (Å²) in [7, 11) is 0. The zero-order chi connectivity index (χ0) is 15.7. The monoisotopic (exact) mass is 288 g/mol. The lowest BCUT2D eigenvalue weighted by Gasteiger charge is -2.12. The summed E-state index contributed by atoms with van der Waals surface area (Å²) in [6.45, 7) is 1.76. The van der Waals surface area contributed by atoms with E-state index in [0.29, 0.717) is 5.56 Å². The first kappa shape index (κ1) is 14.3. The lowest BCUT2D eigenvalue weighted by atomic mass is 9.94. The van der Waals surface area contributed by atoms with Gasteiger partial charge in [-0.25, -0.2) is 9.59 Å². The van der Waals surface area contributed by atoms with Crippen molar-refractivity contribution in [3.8, 4) is 11.1 Å². The van der Waals surface area contributed by atoms with Crippen LogP contribution in [0.25, 0.3) is 11.1 Å². The molecule has 0 bridgehead atoms. The molecule has 1 heterocycles. The number of carboxylic acids is 2. The third-order valence-corrected chi connectivity index (χ3v) is 2.98. The summed E-state index contributed by atoms with van der Waals surface area (Å²) in [6.07, 6.45) is 0. The van der Waals surface area contributed by atoms with Crippen molar-refractivity contribution in [1.82, 2.24) is 4.98 Å². The molecule has 108 valence electrons. The van der Waals surface area contributed by atoms with Gasteiger partial charge in [-0.15, -0.1) is 0 Å². The van der Waals surface area contributed by atoms with E-state index in [0.717, 1.165) is 5.56 Å². The summed E-state index contributed by atoms with van der Waals surface area (Å²) in [5.74, 6) is -3.31. The van der Waals surface area contributed by atoms with Gasteiger partial charge in [-0.05, 0) is 12.5 Å². The average Bonchev–Trinajstić information content (AvgIpc) is 2.36. The minimum atomic E-state index is -1.52. The molecule has 2 rings (SSSR count). The van der Waals surface area contributed by atoms with Crippen LogP contribution in [0.4, 0.5) is 5.82 Å². The van der Waals surface area contributed by atoms with E-state index in [2.05, 4.69) is 4.98 Å². The molecule has 0 aliphatic carbocycles. The SMILES string of the molecule is Cc1cccc(-c2c(C(=O)O)c(N)[nH]c(=O)c2C(=O)O)c1. The van der Waals surface area contributed by atoms with Crippen molar-refractivity contribution >= 4 is 17.8 Å². The quantitative estimate of drug-likeness (QED) is 0.673. The number of aromatic carboxylic acids is 2. The number of hydrogen-bond acceptors (Lipinski definition) is 4. The Morgan fingerprint density at radius 3 is 2.29 bits per heavy atom. The van der Waals surface area contributed by atoms with E-state index in [9.17, 15) is 24.6 Å². The fraction of sp³-hybridized carbons (Fsp3) is 0.0714. The zero-order valence-electron chi connectivity index (χ0n) is 11.0. The maximum absolute atomic E-state index is 11.8. The topological polar surface area (TPSA) is 133 Å². The Kier molecular flexibility index (Phi) is 3.49. The number of benzene rings is 1. The van der Waals surface area contributed by atoms with Crippen LogP contribution in [0.3, 0.4) is 0 Å². The van der Waals surface area contributed by atoms with Gasteiger partial charge in [-0.3, -0.25) is 4.79 Å². The number of aromatic amines is 1. The highest BCUT2D eigenvalue weighted by atomic mass is 16.4. The van der Waals surface area contributed by atoms with Gasteiger partial charge in [-0.1, -0.05) is 29.8 Å². The first-order valence-electron chi connectivity index (χ1n) is 5.92. The molecule has 7 nitrogen and oxygen atoms in total. The van der Waals surface area contributed by atoms with Crippen molar-refractivity contribution in [2.45, 2.75) is 6.92 Å². The number of aryl methyl sites for hydroxylation is 1. The molecule has 1 aromatic carbocycles. The van der Waals surface area contributed by atoms with Crippen molar-refractivity contribution in [1.29, 1.82) is 0 Å². The summed E-state index contributed by atoms with van der Waals surface area (Å²) >= 11 is 0. The molecule has 21 heavy (non-hydrogen) atoms. The standard InChI is InChI=1S/C14H12N2O5/c1-6-3-2-4-7(5-6)8-9(13(18)19)11(15)16-12(17)10(8)14(20)21/h2-5H,1H3,(H,18,19)(H,20,21)(H3,15,16,17). The van der Waals surface area contributed by atoms with E-state index in [4.69, 9.17) is 5.73 Å². The normalized spacial score (nSPS) is 10.3. The van der Waals surface area contributed by atoms with Gasteiger partial charge in [0.2, 0.25) is 0 Å². The number of nitrogens with one attached hydrogen (secondary N) is 1. The predicted molar refractivity (Wildman–Crippen MR) is 75.6 cm³/mol. The highest BCUT2D eigenvalue weighted by Crippen LogP contribution is 2.29. The van der Waals surface area contributed by atoms with E-state index in [1.54, 1.807) is 25.1 Å². The van der Waals surface area contributed by atoms with Crippen LogP contribution in [0.2, 0.25) is 0 Å². The Hall–Kier alpha value is -3.09. The molecule has 2 aromatic rings. The van der Waals surface area contributed by atoms with E-state index in [1.807, 2.05) is 0 Å². The number of carbonyl (C=O) groups is 2. The molecular weight excluding hydrogens is 276 g/mol. The summed E-state index contributed by atoms with van der Waals surface area (Å²) in [5, 5.41) is 18.5. The maximum Gasteiger partial charge on any atom is 0.342 e. The van der Waals surface area contributed by atoms with Gasteiger partial charge >= 0.3 is 11.9 Å². The maximum atomic E-state index is 11.8. The largest absolute Gasteiger partial charge is 0.478 e. The number of pyridine rings is 1. The Labute approximate surface area is 118 Å². The minimum Gasteiger partial charge on any atom is -0.478 e. The Morgan fingerprint density at radius 1 is 1.14 bits per heavy atom. The van der Waals surface area contributed by atoms with Gasteiger partial charge in [0.15, 0.2) is 0 Å². The number of H-pyrrole nitrogens is 1. The molecular formula is C14H12N2O5. The van der Waals surface area contributed by atoms with Crippen molar-refractivity contribution < 1.29 is 19.8 Å². The van der Waals surface area contributed by atoms with Crippen LogP contribution in [-0.4, -0.2) is 27.1 Å². The summed E-state index contributed by atoms with van der Waals surface area (Å²) in [6, 6.07) is 6.52. The second-order valence-electron chi connectivity index (χ2n) is 4.47.